The van der Waals surface area contributed by atoms with E-state index in [1.165, 1.54) is 20.2 Å². The van der Waals surface area contributed by atoms with Crippen LogP contribution in [0.15, 0.2) is 36.5 Å². The minimum atomic E-state index is -0.236. The zero-order valence-corrected chi connectivity index (χ0v) is 8.33. The lowest BCUT2D eigenvalue weighted by molar-refractivity contribution is -0.163. The van der Waals surface area contributed by atoms with Crippen LogP contribution in [-0.4, -0.2) is 25.1 Å². The van der Waals surface area contributed by atoms with Crippen molar-refractivity contribution in [3.05, 3.63) is 36.5 Å². The molecule has 0 heterocycles. The lowest BCUT2D eigenvalue weighted by Gasteiger charge is -2.13. The van der Waals surface area contributed by atoms with E-state index in [1.54, 1.807) is 6.08 Å². The normalized spacial score (nSPS) is 10.8. The summed E-state index contributed by atoms with van der Waals surface area (Å²) in [5.41, 5.74) is 1.27. The second kappa shape index (κ2) is 5.32. The Morgan fingerprint density at radius 3 is 2.38 bits per heavy atom. The number of nitrogens with zero attached hydrogens (tertiary/aromatic N) is 1. The molecule has 3 nitrogen and oxygen atoms in total. The third kappa shape index (κ3) is 3.71. The average Bonchev–Trinajstić information content (AvgIpc) is 2.11. The Bertz CT molecular complexity index is 254. The molecule has 0 aromatic carbocycles. The number of rotatable bonds is 4. The lowest BCUT2D eigenvalue weighted by atomic mass is 10.2. The van der Waals surface area contributed by atoms with Crippen LogP contribution >= 0.6 is 0 Å². The van der Waals surface area contributed by atoms with E-state index in [2.05, 4.69) is 13.2 Å². The summed E-state index contributed by atoms with van der Waals surface area (Å²) < 4.78 is 0. The number of hydrogen-bond acceptors (Lipinski definition) is 2. The first-order valence-electron chi connectivity index (χ1n) is 3.84. The SMILES string of the molecule is C=C/C(=C\C(=C)C)C(=O)N(C)OC. The third-order valence-electron chi connectivity index (χ3n) is 1.43. The molecule has 13 heavy (non-hydrogen) atoms. The van der Waals surface area contributed by atoms with Gasteiger partial charge in [-0.05, 0) is 13.0 Å². The highest BCUT2D eigenvalue weighted by Gasteiger charge is 2.10. The maximum Gasteiger partial charge on any atom is 0.277 e. The summed E-state index contributed by atoms with van der Waals surface area (Å²) in [5.74, 6) is -0.236. The fourth-order valence-corrected chi connectivity index (χ4v) is 0.738. The largest absolute Gasteiger partial charge is 0.277 e. The van der Waals surface area contributed by atoms with Gasteiger partial charge in [-0.25, -0.2) is 5.06 Å². The highest BCUT2D eigenvalue weighted by atomic mass is 16.7. The maximum absolute atomic E-state index is 11.5. The van der Waals surface area contributed by atoms with Gasteiger partial charge in [0, 0.05) is 12.6 Å². The van der Waals surface area contributed by atoms with Gasteiger partial charge in [-0.15, -0.1) is 0 Å². The molecule has 0 saturated carbocycles. The zero-order chi connectivity index (χ0) is 10.4. The van der Waals surface area contributed by atoms with Gasteiger partial charge in [0.15, 0.2) is 0 Å². The Labute approximate surface area is 78.9 Å². The summed E-state index contributed by atoms with van der Waals surface area (Å²) in [7, 11) is 2.97. The molecule has 3 heteroatoms. The van der Waals surface area contributed by atoms with E-state index >= 15 is 0 Å². The molecule has 0 aliphatic heterocycles. The molecule has 0 N–H and O–H groups in total. The van der Waals surface area contributed by atoms with E-state index in [-0.39, 0.29) is 5.91 Å². The monoisotopic (exact) mass is 181 g/mol. The number of hydrogen-bond donors (Lipinski definition) is 0. The van der Waals surface area contributed by atoms with E-state index in [0.29, 0.717) is 5.57 Å². The fraction of sp³-hybridized carbons (Fsp3) is 0.300. The fourth-order valence-electron chi connectivity index (χ4n) is 0.738. The third-order valence-corrected chi connectivity index (χ3v) is 1.43. The summed E-state index contributed by atoms with van der Waals surface area (Å²) >= 11 is 0. The molecule has 0 aromatic rings. The first kappa shape index (κ1) is 11.6. The van der Waals surface area contributed by atoms with Crippen molar-refractivity contribution in [3.63, 3.8) is 0 Å². The molecule has 0 aliphatic rings. The molecule has 0 bridgehead atoms. The summed E-state index contributed by atoms with van der Waals surface area (Å²) in [6.45, 7) is 9.02. The number of amides is 1. The molecule has 0 atom stereocenters. The van der Waals surface area contributed by atoms with Gasteiger partial charge in [-0.3, -0.25) is 9.63 Å². The molecular weight excluding hydrogens is 166 g/mol. The molecule has 0 spiro atoms. The van der Waals surface area contributed by atoms with Gasteiger partial charge < -0.3 is 0 Å². The van der Waals surface area contributed by atoms with E-state index < -0.39 is 0 Å². The Morgan fingerprint density at radius 2 is 2.08 bits per heavy atom. The van der Waals surface area contributed by atoms with Gasteiger partial charge in [0.25, 0.3) is 5.91 Å². The van der Waals surface area contributed by atoms with Crippen molar-refractivity contribution in [2.24, 2.45) is 0 Å². The average molecular weight is 181 g/mol. The van der Waals surface area contributed by atoms with E-state index in [4.69, 9.17) is 4.84 Å². The summed E-state index contributed by atoms with van der Waals surface area (Å²) in [6.07, 6.45) is 3.14. The van der Waals surface area contributed by atoms with E-state index in [1.807, 2.05) is 6.92 Å². The van der Waals surface area contributed by atoms with Crippen LogP contribution in [-0.2, 0) is 9.63 Å². The quantitative estimate of drug-likeness (QED) is 0.375. The van der Waals surface area contributed by atoms with Crippen LogP contribution in [0.4, 0.5) is 0 Å². The molecule has 0 saturated heterocycles. The summed E-state index contributed by atoms with van der Waals surface area (Å²) in [4.78, 5) is 16.2. The number of allylic oxidation sites excluding steroid dienone is 2. The number of carbonyl (C=O) groups is 1. The topological polar surface area (TPSA) is 29.5 Å². The van der Waals surface area contributed by atoms with Crippen molar-refractivity contribution >= 4 is 5.91 Å². The molecule has 0 aromatic heterocycles. The standard InChI is InChI=1S/C10H15NO2/c1-6-9(7-8(2)3)10(12)11(4)13-5/h6-7H,1-2H2,3-5H3/b9-7+. The van der Waals surface area contributed by atoms with Gasteiger partial charge in [0.1, 0.15) is 0 Å². The molecule has 1 amide bonds. The Morgan fingerprint density at radius 1 is 1.54 bits per heavy atom. The predicted octanol–water partition coefficient (Wildman–Crippen LogP) is 1.69. The molecule has 0 unspecified atom stereocenters. The van der Waals surface area contributed by atoms with E-state index in [9.17, 15) is 4.79 Å². The van der Waals surface area contributed by atoms with Crippen LogP contribution in [0, 0.1) is 0 Å². The Balaban J connectivity index is 4.69. The molecule has 0 aliphatic carbocycles. The van der Waals surface area contributed by atoms with Gasteiger partial charge in [-0.2, -0.15) is 0 Å². The van der Waals surface area contributed by atoms with Crippen LogP contribution in [0.3, 0.4) is 0 Å². The summed E-state index contributed by atoms with van der Waals surface area (Å²) in [6, 6.07) is 0. The van der Waals surface area contributed by atoms with Crippen LogP contribution < -0.4 is 0 Å². The highest BCUT2D eigenvalue weighted by Crippen LogP contribution is 2.05. The predicted molar refractivity (Wildman–Crippen MR) is 52.9 cm³/mol. The first-order valence-corrected chi connectivity index (χ1v) is 3.84. The second-order valence-electron chi connectivity index (χ2n) is 2.64. The van der Waals surface area contributed by atoms with Crippen LogP contribution in [0.25, 0.3) is 0 Å². The zero-order valence-electron chi connectivity index (χ0n) is 8.33. The maximum atomic E-state index is 11.5. The number of hydroxylamine groups is 2. The van der Waals surface area contributed by atoms with Crippen LogP contribution in [0.5, 0.6) is 0 Å². The van der Waals surface area contributed by atoms with Gasteiger partial charge >= 0.3 is 0 Å². The highest BCUT2D eigenvalue weighted by molar-refractivity contribution is 5.95. The lowest BCUT2D eigenvalue weighted by Crippen LogP contribution is -2.26. The van der Waals surface area contributed by atoms with Crippen molar-refractivity contribution in [1.29, 1.82) is 0 Å². The first-order chi connectivity index (χ1) is 6.02. The van der Waals surface area contributed by atoms with Gasteiger partial charge in [0.05, 0.1) is 7.11 Å². The smallest absolute Gasteiger partial charge is 0.274 e. The molecular formula is C10H15NO2. The summed E-state index contributed by atoms with van der Waals surface area (Å²) in [5, 5.41) is 1.14. The van der Waals surface area contributed by atoms with Crippen molar-refractivity contribution in [2.75, 3.05) is 14.2 Å². The van der Waals surface area contributed by atoms with Gasteiger partial charge in [0.2, 0.25) is 0 Å². The van der Waals surface area contributed by atoms with Crippen molar-refractivity contribution in [2.45, 2.75) is 6.92 Å². The minimum absolute atomic E-state index is 0.236. The molecule has 72 valence electrons. The van der Waals surface area contributed by atoms with E-state index in [0.717, 1.165) is 10.6 Å². The second-order valence-corrected chi connectivity index (χ2v) is 2.64. The van der Waals surface area contributed by atoms with Gasteiger partial charge in [-0.1, -0.05) is 24.8 Å². The molecule has 0 fully saturated rings. The minimum Gasteiger partial charge on any atom is -0.274 e. The van der Waals surface area contributed by atoms with Crippen molar-refractivity contribution in [1.82, 2.24) is 5.06 Å². The number of likely N-dealkylation sites (N-methyl/N-ethyl adjacent to an activating group) is 1. The Hall–Kier alpha value is -1.35. The molecule has 0 radical (unpaired) electrons. The van der Waals surface area contributed by atoms with Crippen LogP contribution in [0.1, 0.15) is 6.92 Å². The Kier molecular flexibility index (Phi) is 4.77. The van der Waals surface area contributed by atoms with Crippen LogP contribution in [0.2, 0.25) is 0 Å². The van der Waals surface area contributed by atoms with Crippen molar-refractivity contribution < 1.29 is 9.63 Å². The van der Waals surface area contributed by atoms with Crippen molar-refractivity contribution in [3.8, 4) is 0 Å². The molecule has 0 rings (SSSR count). The number of carbonyl (C=O) groups excluding carboxylic acids is 1.